The molecule has 3 aromatic rings. The first kappa shape index (κ1) is 20.1. The van der Waals surface area contributed by atoms with Crippen molar-refractivity contribution >= 4 is 46.0 Å². The van der Waals surface area contributed by atoms with Crippen LogP contribution in [0.1, 0.15) is 12.7 Å². The second kappa shape index (κ2) is 8.15. The largest absolute Gasteiger partial charge is 0.332 e. The number of fused-ring (bicyclic) bond motifs is 1. The summed E-state index contributed by atoms with van der Waals surface area (Å²) < 4.78 is 2.32. The maximum atomic E-state index is 12.6. The van der Waals surface area contributed by atoms with Crippen molar-refractivity contribution in [1.29, 1.82) is 0 Å². The Balaban J connectivity index is 1.94. The lowest BCUT2D eigenvalue weighted by atomic mass is 10.3. The van der Waals surface area contributed by atoms with Crippen LogP contribution in [0.15, 0.2) is 38.9 Å². The molecule has 2 heterocycles. The van der Waals surface area contributed by atoms with E-state index in [0.29, 0.717) is 28.0 Å². The summed E-state index contributed by atoms with van der Waals surface area (Å²) in [6.45, 7) is 1.88. The number of amides is 1. The Bertz CT molecular complexity index is 1170. The van der Waals surface area contributed by atoms with Crippen LogP contribution in [0.5, 0.6) is 0 Å². The van der Waals surface area contributed by atoms with Crippen LogP contribution in [0.2, 0.25) is 5.02 Å². The first-order valence-electron chi connectivity index (χ1n) is 8.46. The molecule has 0 atom stereocenters. The highest BCUT2D eigenvalue weighted by molar-refractivity contribution is 8.00. The number of carbonyl (C=O) groups excluding carboxylic acids is 1. The van der Waals surface area contributed by atoms with Gasteiger partial charge in [0.05, 0.1) is 5.75 Å². The van der Waals surface area contributed by atoms with E-state index >= 15 is 0 Å². The minimum atomic E-state index is -0.485. The van der Waals surface area contributed by atoms with E-state index in [1.165, 1.54) is 11.6 Å². The number of thioether (sulfide) groups is 1. The second-order valence-corrected chi connectivity index (χ2v) is 7.45. The number of aromatic nitrogens is 4. The molecule has 0 aliphatic rings. The van der Waals surface area contributed by atoms with Gasteiger partial charge < -0.3 is 5.32 Å². The van der Waals surface area contributed by atoms with Crippen LogP contribution >= 0.6 is 23.4 Å². The molecule has 0 saturated carbocycles. The monoisotopic (exact) mass is 419 g/mol. The van der Waals surface area contributed by atoms with Crippen LogP contribution in [0.4, 0.5) is 5.69 Å². The summed E-state index contributed by atoms with van der Waals surface area (Å²) in [6.07, 6.45) is 0.532. The van der Waals surface area contributed by atoms with Gasteiger partial charge in [0.1, 0.15) is 16.2 Å². The number of halogens is 1. The zero-order valence-corrected chi connectivity index (χ0v) is 17.1. The van der Waals surface area contributed by atoms with Gasteiger partial charge in [0.2, 0.25) is 5.91 Å². The van der Waals surface area contributed by atoms with E-state index in [1.807, 2.05) is 6.92 Å². The van der Waals surface area contributed by atoms with Crippen LogP contribution in [0.25, 0.3) is 11.0 Å². The average Bonchev–Trinajstić information content (AvgIpc) is 2.70. The molecule has 146 valence electrons. The minimum absolute atomic E-state index is 0.0455. The molecule has 0 bridgehead atoms. The highest BCUT2D eigenvalue weighted by Gasteiger charge is 2.18. The molecular formula is C18H18ClN5O3S. The number of hydrogen-bond donors (Lipinski definition) is 1. The lowest BCUT2D eigenvalue weighted by Gasteiger charge is -2.11. The number of aryl methyl sites for hydroxylation is 2. The van der Waals surface area contributed by atoms with Gasteiger partial charge in [-0.15, -0.1) is 0 Å². The number of rotatable bonds is 5. The van der Waals surface area contributed by atoms with E-state index in [0.717, 1.165) is 16.3 Å². The molecule has 1 aromatic carbocycles. The first-order chi connectivity index (χ1) is 13.3. The summed E-state index contributed by atoms with van der Waals surface area (Å²) in [5.74, 6) is 0.291. The SMILES string of the molecule is CCc1nc(SCC(=O)Nc2ccc(Cl)cc2)c2c(=O)n(C)c(=O)n(C)c2n1. The zero-order chi connectivity index (χ0) is 20.4. The van der Waals surface area contributed by atoms with E-state index in [-0.39, 0.29) is 22.7 Å². The van der Waals surface area contributed by atoms with Gasteiger partial charge in [0, 0.05) is 31.2 Å². The Morgan fingerprint density at radius 3 is 2.46 bits per heavy atom. The minimum Gasteiger partial charge on any atom is -0.325 e. The Morgan fingerprint density at radius 2 is 1.82 bits per heavy atom. The predicted octanol–water partition coefficient (Wildman–Crippen LogP) is 1.97. The van der Waals surface area contributed by atoms with Crippen molar-refractivity contribution in [3.05, 3.63) is 56.0 Å². The van der Waals surface area contributed by atoms with Crippen molar-refractivity contribution in [2.75, 3.05) is 11.1 Å². The summed E-state index contributed by atoms with van der Waals surface area (Å²) in [4.78, 5) is 45.9. The topological polar surface area (TPSA) is 98.9 Å². The molecule has 0 fully saturated rings. The number of benzene rings is 1. The normalized spacial score (nSPS) is 11.0. The third-order valence-electron chi connectivity index (χ3n) is 4.10. The van der Waals surface area contributed by atoms with Gasteiger partial charge in [-0.3, -0.25) is 18.7 Å². The fourth-order valence-electron chi connectivity index (χ4n) is 2.60. The van der Waals surface area contributed by atoms with E-state index < -0.39 is 11.2 Å². The highest BCUT2D eigenvalue weighted by atomic mass is 35.5. The predicted molar refractivity (Wildman–Crippen MR) is 110 cm³/mol. The second-order valence-electron chi connectivity index (χ2n) is 6.05. The Labute approximate surface area is 169 Å². The van der Waals surface area contributed by atoms with E-state index in [4.69, 9.17) is 11.6 Å². The number of nitrogens with one attached hydrogen (secondary N) is 1. The maximum absolute atomic E-state index is 12.6. The number of anilines is 1. The molecule has 10 heteroatoms. The van der Waals surface area contributed by atoms with Crippen LogP contribution in [0.3, 0.4) is 0 Å². The fraction of sp³-hybridized carbons (Fsp3) is 0.278. The van der Waals surface area contributed by atoms with Crippen molar-refractivity contribution in [1.82, 2.24) is 19.1 Å². The van der Waals surface area contributed by atoms with Crippen LogP contribution in [-0.4, -0.2) is 30.8 Å². The van der Waals surface area contributed by atoms with Crippen LogP contribution in [-0.2, 0) is 25.3 Å². The highest BCUT2D eigenvalue weighted by Crippen LogP contribution is 2.23. The van der Waals surface area contributed by atoms with Gasteiger partial charge in [0.25, 0.3) is 5.56 Å². The molecular weight excluding hydrogens is 402 g/mol. The lowest BCUT2D eigenvalue weighted by Crippen LogP contribution is -2.37. The van der Waals surface area contributed by atoms with Crippen molar-refractivity contribution in [3.8, 4) is 0 Å². The van der Waals surface area contributed by atoms with Gasteiger partial charge in [-0.05, 0) is 24.3 Å². The molecule has 3 rings (SSSR count). The van der Waals surface area contributed by atoms with Crippen molar-refractivity contribution in [2.24, 2.45) is 14.1 Å². The summed E-state index contributed by atoms with van der Waals surface area (Å²) in [5, 5.41) is 3.95. The first-order valence-corrected chi connectivity index (χ1v) is 9.83. The summed E-state index contributed by atoms with van der Waals surface area (Å²) in [5.41, 5.74) is -0.0632. The number of carbonyl (C=O) groups is 1. The van der Waals surface area contributed by atoms with Crippen molar-refractivity contribution in [2.45, 2.75) is 18.4 Å². The average molecular weight is 420 g/mol. The lowest BCUT2D eigenvalue weighted by molar-refractivity contribution is -0.113. The zero-order valence-electron chi connectivity index (χ0n) is 15.5. The van der Waals surface area contributed by atoms with E-state index in [2.05, 4.69) is 15.3 Å². The third kappa shape index (κ3) is 3.95. The summed E-state index contributed by atoms with van der Waals surface area (Å²) in [7, 11) is 2.96. The summed E-state index contributed by atoms with van der Waals surface area (Å²) in [6, 6.07) is 6.76. The molecule has 2 aromatic heterocycles. The summed E-state index contributed by atoms with van der Waals surface area (Å²) >= 11 is 6.97. The number of hydrogen-bond acceptors (Lipinski definition) is 6. The molecule has 1 amide bonds. The van der Waals surface area contributed by atoms with Crippen LogP contribution < -0.4 is 16.6 Å². The van der Waals surface area contributed by atoms with Gasteiger partial charge in [-0.25, -0.2) is 14.8 Å². The standard InChI is InChI=1S/C18H18ClN5O3S/c1-4-12-21-15-14(17(26)24(3)18(27)23(15)2)16(22-12)28-9-13(25)20-11-7-5-10(19)6-8-11/h5-8H,4,9H2,1-3H3,(H,20,25). The maximum Gasteiger partial charge on any atom is 0.332 e. The van der Waals surface area contributed by atoms with Crippen molar-refractivity contribution in [3.63, 3.8) is 0 Å². The molecule has 0 aliphatic heterocycles. The smallest absolute Gasteiger partial charge is 0.325 e. The molecule has 1 N–H and O–H groups in total. The molecule has 28 heavy (non-hydrogen) atoms. The fourth-order valence-corrected chi connectivity index (χ4v) is 3.56. The Kier molecular flexibility index (Phi) is 5.85. The quantitative estimate of drug-likeness (QED) is 0.501. The molecule has 0 spiro atoms. The Hall–Kier alpha value is -2.65. The molecule has 8 nitrogen and oxygen atoms in total. The molecule has 0 saturated heterocycles. The van der Waals surface area contributed by atoms with Gasteiger partial charge in [-0.1, -0.05) is 30.3 Å². The molecule has 0 unspecified atom stereocenters. The van der Waals surface area contributed by atoms with Gasteiger partial charge in [0.15, 0.2) is 5.65 Å². The third-order valence-corrected chi connectivity index (χ3v) is 5.32. The number of nitrogens with zero attached hydrogens (tertiary/aromatic N) is 4. The van der Waals surface area contributed by atoms with E-state index in [9.17, 15) is 14.4 Å². The van der Waals surface area contributed by atoms with E-state index in [1.54, 1.807) is 31.3 Å². The molecule has 0 radical (unpaired) electrons. The van der Waals surface area contributed by atoms with Gasteiger partial charge in [-0.2, -0.15) is 0 Å². The molecule has 0 aliphatic carbocycles. The van der Waals surface area contributed by atoms with Crippen molar-refractivity contribution < 1.29 is 4.79 Å². The van der Waals surface area contributed by atoms with Crippen LogP contribution in [0, 0.1) is 0 Å². The Morgan fingerprint density at radius 1 is 1.14 bits per heavy atom. The van der Waals surface area contributed by atoms with Gasteiger partial charge >= 0.3 is 5.69 Å².